The first-order valence-electron chi connectivity index (χ1n) is 5.01. The third kappa shape index (κ3) is 3.03. The Morgan fingerprint density at radius 1 is 1.46 bits per heavy atom. The zero-order chi connectivity index (χ0) is 9.73. The van der Waals surface area contributed by atoms with Crippen LogP contribution in [0.15, 0.2) is 11.8 Å². The number of rotatable bonds is 5. The first-order chi connectivity index (χ1) is 6.18. The number of hydrogen-bond acceptors (Lipinski definition) is 2. The van der Waals surface area contributed by atoms with Gasteiger partial charge in [0, 0.05) is 5.41 Å². The van der Waals surface area contributed by atoms with E-state index in [0.717, 1.165) is 26.2 Å². The Hall–Kier alpha value is -0.500. The van der Waals surface area contributed by atoms with E-state index in [1.165, 1.54) is 12.0 Å². The summed E-state index contributed by atoms with van der Waals surface area (Å²) >= 11 is 0. The van der Waals surface area contributed by atoms with Gasteiger partial charge in [-0.15, -0.1) is 0 Å². The lowest BCUT2D eigenvalue weighted by molar-refractivity contribution is -0.124. The molecule has 0 spiro atoms. The molecule has 0 aromatic rings. The van der Waals surface area contributed by atoms with Crippen molar-refractivity contribution in [2.75, 3.05) is 19.8 Å². The molecule has 0 radical (unpaired) electrons. The molecule has 1 fully saturated rings. The van der Waals surface area contributed by atoms with E-state index >= 15 is 0 Å². The van der Waals surface area contributed by atoms with Crippen molar-refractivity contribution in [3.63, 3.8) is 0 Å². The van der Waals surface area contributed by atoms with Crippen molar-refractivity contribution in [2.45, 2.75) is 33.6 Å². The third-order valence-electron chi connectivity index (χ3n) is 2.64. The predicted octanol–water partition coefficient (Wildman–Crippen LogP) is 2.74. The molecule has 0 aromatic carbocycles. The largest absolute Gasteiger partial charge is 0.501 e. The second-order valence-corrected chi connectivity index (χ2v) is 4.16. The van der Waals surface area contributed by atoms with Crippen molar-refractivity contribution < 1.29 is 9.47 Å². The highest BCUT2D eigenvalue weighted by molar-refractivity contribution is 4.87. The number of ether oxygens (including phenoxy) is 2. The molecule has 0 aromatic heterocycles. The van der Waals surface area contributed by atoms with Crippen LogP contribution < -0.4 is 0 Å². The molecule has 0 bridgehead atoms. The molecule has 1 rings (SSSR count). The minimum atomic E-state index is 0.426. The van der Waals surface area contributed by atoms with Crippen molar-refractivity contribution in [1.29, 1.82) is 0 Å². The molecule has 0 atom stereocenters. The molecule has 2 nitrogen and oxygen atoms in total. The first-order valence-corrected chi connectivity index (χ1v) is 5.01. The van der Waals surface area contributed by atoms with E-state index in [-0.39, 0.29) is 0 Å². The van der Waals surface area contributed by atoms with Gasteiger partial charge in [0.15, 0.2) is 0 Å². The number of hydrogen-bond donors (Lipinski definition) is 0. The smallest absolute Gasteiger partial charge is 0.0880 e. The van der Waals surface area contributed by atoms with Crippen LogP contribution in [0.3, 0.4) is 0 Å². The standard InChI is InChI=1S/C11H20O2/c1-4-11(8-13-9-11)5-6-12-7-10(2)3/h7H,4-6,8-9H2,1-3H3. The van der Waals surface area contributed by atoms with E-state index < -0.39 is 0 Å². The maximum absolute atomic E-state index is 5.41. The summed E-state index contributed by atoms with van der Waals surface area (Å²) in [6, 6.07) is 0. The molecule has 13 heavy (non-hydrogen) atoms. The molecule has 1 heterocycles. The molecule has 1 saturated heterocycles. The van der Waals surface area contributed by atoms with Crippen molar-refractivity contribution in [2.24, 2.45) is 5.41 Å². The second-order valence-electron chi connectivity index (χ2n) is 4.16. The van der Waals surface area contributed by atoms with Gasteiger partial charge in [-0.3, -0.25) is 0 Å². The average molecular weight is 184 g/mol. The zero-order valence-corrected chi connectivity index (χ0v) is 8.93. The summed E-state index contributed by atoms with van der Waals surface area (Å²) in [6.07, 6.45) is 4.15. The van der Waals surface area contributed by atoms with Gasteiger partial charge in [-0.25, -0.2) is 0 Å². The second kappa shape index (κ2) is 4.66. The molecule has 0 amide bonds. The molecule has 0 unspecified atom stereocenters. The lowest BCUT2D eigenvalue weighted by Crippen LogP contribution is -2.42. The van der Waals surface area contributed by atoms with Crippen LogP contribution in [0.2, 0.25) is 0 Å². The molecule has 2 heteroatoms. The zero-order valence-electron chi connectivity index (χ0n) is 8.93. The van der Waals surface area contributed by atoms with E-state index in [2.05, 4.69) is 6.92 Å². The summed E-state index contributed by atoms with van der Waals surface area (Å²) in [5.41, 5.74) is 1.64. The molecule has 0 aliphatic carbocycles. The Morgan fingerprint density at radius 2 is 2.15 bits per heavy atom. The molecule has 76 valence electrons. The Labute approximate surface area is 80.9 Å². The SMILES string of the molecule is CCC1(CCOC=C(C)C)COC1. The van der Waals surface area contributed by atoms with Gasteiger partial charge in [-0.05, 0) is 32.3 Å². The lowest BCUT2D eigenvalue weighted by atomic mass is 9.80. The summed E-state index contributed by atoms with van der Waals surface area (Å²) in [5.74, 6) is 0. The molecular formula is C11H20O2. The third-order valence-corrected chi connectivity index (χ3v) is 2.64. The van der Waals surface area contributed by atoms with Crippen LogP contribution in [0, 0.1) is 5.41 Å². The van der Waals surface area contributed by atoms with Gasteiger partial charge >= 0.3 is 0 Å². The quantitative estimate of drug-likeness (QED) is 0.483. The fraction of sp³-hybridized carbons (Fsp3) is 0.818. The van der Waals surface area contributed by atoms with E-state index in [4.69, 9.17) is 9.47 Å². The Kier molecular flexibility index (Phi) is 3.79. The van der Waals surface area contributed by atoms with Crippen molar-refractivity contribution in [3.8, 4) is 0 Å². The van der Waals surface area contributed by atoms with Crippen LogP contribution in [0.25, 0.3) is 0 Å². The molecular weight excluding hydrogens is 164 g/mol. The van der Waals surface area contributed by atoms with Crippen LogP contribution in [-0.4, -0.2) is 19.8 Å². The van der Waals surface area contributed by atoms with Crippen molar-refractivity contribution in [3.05, 3.63) is 11.8 Å². The minimum Gasteiger partial charge on any atom is -0.501 e. The van der Waals surface area contributed by atoms with E-state index in [1.54, 1.807) is 0 Å². The fourth-order valence-corrected chi connectivity index (χ4v) is 1.42. The van der Waals surface area contributed by atoms with Gasteiger partial charge in [0.1, 0.15) is 0 Å². The minimum absolute atomic E-state index is 0.426. The van der Waals surface area contributed by atoms with Gasteiger partial charge in [-0.1, -0.05) is 6.92 Å². The Morgan fingerprint density at radius 3 is 2.54 bits per heavy atom. The highest BCUT2D eigenvalue weighted by Gasteiger charge is 2.36. The molecule has 0 saturated carbocycles. The van der Waals surface area contributed by atoms with E-state index in [9.17, 15) is 0 Å². The Bertz CT molecular complexity index is 171. The number of allylic oxidation sites excluding steroid dienone is 1. The summed E-state index contributed by atoms with van der Waals surface area (Å²) < 4.78 is 10.6. The predicted molar refractivity (Wildman–Crippen MR) is 53.5 cm³/mol. The fourth-order valence-electron chi connectivity index (χ4n) is 1.42. The van der Waals surface area contributed by atoms with E-state index in [1.807, 2.05) is 20.1 Å². The summed E-state index contributed by atoms with van der Waals surface area (Å²) in [5, 5.41) is 0. The molecule has 1 aliphatic rings. The van der Waals surface area contributed by atoms with Crippen LogP contribution in [-0.2, 0) is 9.47 Å². The normalized spacial score (nSPS) is 19.0. The highest BCUT2D eigenvalue weighted by atomic mass is 16.5. The summed E-state index contributed by atoms with van der Waals surface area (Å²) in [7, 11) is 0. The topological polar surface area (TPSA) is 18.5 Å². The van der Waals surface area contributed by atoms with Crippen molar-refractivity contribution in [1.82, 2.24) is 0 Å². The van der Waals surface area contributed by atoms with Crippen LogP contribution >= 0.6 is 0 Å². The van der Waals surface area contributed by atoms with Gasteiger partial charge in [-0.2, -0.15) is 0 Å². The average Bonchev–Trinajstić information content (AvgIpc) is 2.01. The van der Waals surface area contributed by atoms with Gasteiger partial charge in [0.2, 0.25) is 0 Å². The highest BCUT2D eigenvalue weighted by Crippen LogP contribution is 2.34. The molecule has 0 N–H and O–H groups in total. The lowest BCUT2D eigenvalue weighted by Gasteiger charge is -2.40. The van der Waals surface area contributed by atoms with Crippen molar-refractivity contribution >= 4 is 0 Å². The van der Waals surface area contributed by atoms with Crippen LogP contribution in [0.1, 0.15) is 33.6 Å². The molecule has 1 aliphatic heterocycles. The van der Waals surface area contributed by atoms with E-state index in [0.29, 0.717) is 5.41 Å². The van der Waals surface area contributed by atoms with Gasteiger partial charge < -0.3 is 9.47 Å². The maximum Gasteiger partial charge on any atom is 0.0880 e. The van der Waals surface area contributed by atoms with Gasteiger partial charge in [0.05, 0.1) is 26.1 Å². The Balaban J connectivity index is 2.14. The monoisotopic (exact) mass is 184 g/mol. The summed E-state index contributed by atoms with van der Waals surface area (Å²) in [6.45, 7) is 8.97. The van der Waals surface area contributed by atoms with Crippen LogP contribution in [0.5, 0.6) is 0 Å². The maximum atomic E-state index is 5.41. The van der Waals surface area contributed by atoms with Crippen LogP contribution in [0.4, 0.5) is 0 Å². The van der Waals surface area contributed by atoms with Gasteiger partial charge in [0.25, 0.3) is 0 Å². The first kappa shape index (κ1) is 10.6. The summed E-state index contributed by atoms with van der Waals surface area (Å²) in [4.78, 5) is 0.